The highest BCUT2D eigenvalue weighted by Crippen LogP contribution is 2.27. The van der Waals surface area contributed by atoms with Gasteiger partial charge in [-0.3, -0.25) is 0 Å². The van der Waals surface area contributed by atoms with Gasteiger partial charge >= 0.3 is 0 Å². The Labute approximate surface area is 97.0 Å². The van der Waals surface area contributed by atoms with Gasteiger partial charge in [0.15, 0.2) is 0 Å². The monoisotopic (exact) mass is 239 g/mol. The van der Waals surface area contributed by atoms with Gasteiger partial charge in [0, 0.05) is 10.8 Å². The molecule has 0 aromatic carbocycles. The molecule has 0 amide bonds. The van der Waals surface area contributed by atoms with Crippen LogP contribution in [0.1, 0.15) is 24.9 Å². The van der Waals surface area contributed by atoms with E-state index >= 15 is 0 Å². The van der Waals surface area contributed by atoms with E-state index in [2.05, 4.69) is 23.8 Å². The zero-order chi connectivity index (χ0) is 10.8. The third-order valence-electron chi connectivity index (χ3n) is 2.22. The number of hydrogen-bond donors (Lipinski definition) is 1. The molecule has 1 unspecified atom stereocenters. The van der Waals surface area contributed by atoms with E-state index in [0.29, 0.717) is 5.92 Å². The summed E-state index contributed by atoms with van der Waals surface area (Å²) in [6.45, 7) is 4.21. The van der Waals surface area contributed by atoms with Crippen LogP contribution in [0.3, 0.4) is 0 Å². The Balaban J connectivity index is 2.25. The van der Waals surface area contributed by atoms with Gasteiger partial charge in [0.25, 0.3) is 0 Å². The van der Waals surface area contributed by atoms with Gasteiger partial charge in [-0.05, 0) is 5.92 Å². The highest BCUT2D eigenvalue weighted by molar-refractivity contribution is 7.10. The molecule has 3 nitrogen and oxygen atoms in total. The number of rotatable bonds is 3. The Kier molecular flexibility index (Phi) is 3.14. The summed E-state index contributed by atoms with van der Waals surface area (Å²) in [6, 6.07) is 0.0300. The van der Waals surface area contributed by atoms with Crippen molar-refractivity contribution in [2.45, 2.75) is 19.9 Å². The Morgan fingerprint density at radius 2 is 2.07 bits per heavy atom. The molecule has 80 valence electrons. The maximum Gasteiger partial charge on any atom is 0.110 e. The zero-order valence-corrected chi connectivity index (χ0v) is 10.3. The lowest BCUT2D eigenvalue weighted by molar-refractivity contribution is 0.512. The van der Waals surface area contributed by atoms with Crippen LogP contribution in [-0.2, 0) is 0 Å². The fourth-order valence-corrected chi connectivity index (χ4v) is 2.71. The van der Waals surface area contributed by atoms with Crippen molar-refractivity contribution >= 4 is 22.7 Å². The lowest BCUT2D eigenvalue weighted by Gasteiger charge is -2.11. The maximum absolute atomic E-state index is 6.03. The number of aromatic nitrogens is 2. The second-order valence-electron chi connectivity index (χ2n) is 3.71. The molecule has 2 rings (SSSR count). The molecule has 2 aromatic rings. The predicted octanol–water partition coefficient (Wildman–Crippen LogP) is 2.92. The van der Waals surface area contributed by atoms with E-state index in [1.54, 1.807) is 22.7 Å². The summed E-state index contributed by atoms with van der Waals surface area (Å²) in [7, 11) is 0. The van der Waals surface area contributed by atoms with Crippen molar-refractivity contribution in [1.82, 2.24) is 9.97 Å². The van der Waals surface area contributed by atoms with Gasteiger partial charge in [-0.15, -0.1) is 22.7 Å². The van der Waals surface area contributed by atoms with Crippen LogP contribution in [0, 0.1) is 5.92 Å². The summed E-state index contributed by atoms with van der Waals surface area (Å²) in [5, 5.41) is 5.01. The van der Waals surface area contributed by atoms with Crippen LogP contribution in [0.4, 0.5) is 0 Å². The molecule has 0 saturated carbocycles. The maximum atomic E-state index is 6.03. The highest BCUT2D eigenvalue weighted by Gasteiger charge is 2.15. The molecular formula is C10H13N3S2. The van der Waals surface area contributed by atoms with Gasteiger partial charge in [0.1, 0.15) is 16.4 Å². The van der Waals surface area contributed by atoms with Crippen LogP contribution >= 0.6 is 22.7 Å². The molecule has 0 spiro atoms. The van der Waals surface area contributed by atoms with Gasteiger partial charge in [0.2, 0.25) is 0 Å². The van der Waals surface area contributed by atoms with Gasteiger partial charge in [-0.25, -0.2) is 9.97 Å². The Morgan fingerprint density at radius 1 is 1.27 bits per heavy atom. The van der Waals surface area contributed by atoms with E-state index in [4.69, 9.17) is 5.73 Å². The molecule has 2 heterocycles. The lowest BCUT2D eigenvalue weighted by atomic mass is 10.1. The number of nitrogens with zero attached hydrogens (tertiary/aromatic N) is 2. The molecule has 0 fully saturated rings. The quantitative estimate of drug-likeness (QED) is 0.896. The molecule has 0 aliphatic rings. The van der Waals surface area contributed by atoms with E-state index in [1.165, 1.54) is 0 Å². The lowest BCUT2D eigenvalue weighted by Crippen LogP contribution is -2.16. The Morgan fingerprint density at radius 3 is 2.67 bits per heavy atom. The van der Waals surface area contributed by atoms with Crippen LogP contribution in [-0.4, -0.2) is 9.97 Å². The van der Waals surface area contributed by atoms with Crippen molar-refractivity contribution < 1.29 is 0 Å². The molecule has 1 atom stereocenters. The van der Waals surface area contributed by atoms with Crippen molar-refractivity contribution in [2.75, 3.05) is 0 Å². The van der Waals surface area contributed by atoms with E-state index in [1.807, 2.05) is 16.3 Å². The number of nitrogens with two attached hydrogens (primary N) is 1. The summed E-state index contributed by atoms with van der Waals surface area (Å²) in [5.74, 6) is 0.416. The summed E-state index contributed by atoms with van der Waals surface area (Å²) < 4.78 is 0. The van der Waals surface area contributed by atoms with Crippen LogP contribution in [0.25, 0.3) is 11.4 Å². The SMILES string of the molecule is CC(C)C(N)c1nc(-c2cscn2)cs1. The van der Waals surface area contributed by atoms with Gasteiger partial charge in [-0.1, -0.05) is 13.8 Å². The molecular weight excluding hydrogens is 226 g/mol. The first-order valence-corrected chi connectivity index (χ1v) is 6.60. The number of hydrogen-bond acceptors (Lipinski definition) is 5. The third kappa shape index (κ3) is 2.25. The van der Waals surface area contributed by atoms with Crippen LogP contribution in [0.5, 0.6) is 0 Å². The molecule has 2 aromatic heterocycles. The molecule has 0 bridgehead atoms. The fraction of sp³-hybridized carbons (Fsp3) is 0.400. The second-order valence-corrected chi connectivity index (χ2v) is 5.32. The minimum Gasteiger partial charge on any atom is -0.322 e. The predicted molar refractivity (Wildman–Crippen MR) is 65.0 cm³/mol. The summed E-state index contributed by atoms with van der Waals surface area (Å²) >= 11 is 3.19. The minimum absolute atomic E-state index is 0.0300. The molecule has 0 radical (unpaired) electrons. The fourth-order valence-electron chi connectivity index (χ4n) is 1.18. The van der Waals surface area contributed by atoms with E-state index in [-0.39, 0.29) is 6.04 Å². The molecule has 5 heteroatoms. The van der Waals surface area contributed by atoms with Crippen LogP contribution in [0.15, 0.2) is 16.3 Å². The van der Waals surface area contributed by atoms with Gasteiger partial charge < -0.3 is 5.73 Å². The largest absolute Gasteiger partial charge is 0.322 e. The Hall–Kier alpha value is -0.780. The van der Waals surface area contributed by atoms with E-state index in [9.17, 15) is 0 Å². The highest BCUT2D eigenvalue weighted by atomic mass is 32.1. The average Bonchev–Trinajstić information content (AvgIpc) is 2.86. The minimum atomic E-state index is 0.0300. The van der Waals surface area contributed by atoms with Gasteiger partial charge in [0.05, 0.1) is 11.6 Å². The molecule has 0 saturated heterocycles. The molecule has 2 N–H and O–H groups in total. The third-order valence-corrected chi connectivity index (χ3v) is 3.75. The standard InChI is InChI=1S/C10H13N3S2/c1-6(2)9(11)10-13-8(4-15-10)7-3-14-5-12-7/h3-6,9H,11H2,1-2H3. The van der Waals surface area contributed by atoms with Crippen molar-refractivity contribution in [2.24, 2.45) is 11.7 Å². The molecule has 15 heavy (non-hydrogen) atoms. The smallest absolute Gasteiger partial charge is 0.110 e. The van der Waals surface area contributed by atoms with Gasteiger partial charge in [-0.2, -0.15) is 0 Å². The van der Waals surface area contributed by atoms with Crippen molar-refractivity contribution in [3.8, 4) is 11.4 Å². The van der Waals surface area contributed by atoms with Crippen LogP contribution in [0.2, 0.25) is 0 Å². The summed E-state index contributed by atoms with van der Waals surface area (Å²) in [5.41, 5.74) is 9.73. The Bertz CT molecular complexity index is 420. The van der Waals surface area contributed by atoms with Crippen molar-refractivity contribution in [3.63, 3.8) is 0 Å². The second kappa shape index (κ2) is 4.38. The topological polar surface area (TPSA) is 51.8 Å². The van der Waals surface area contributed by atoms with E-state index in [0.717, 1.165) is 16.4 Å². The van der Waals surface area contributed by atoms with E-state index < -0.39 is 0 Å². The zero-order valence-electron chi connectivity index (χ0n) is 8.68. The molecule has 0 aliphatic heterocycles. The first-order chi connectivity index (χ1) is 7.18. The van der Waals surface area contributed by atoms with Crippen molar-refractivity contribution in [3.05, 3.63) is 21.3 Å². The van der Waals surface area contributed by atoms with Crippen molar-refractivity contribution in [1.29, 1.82) is 0 Å². The summed E-state index contributed by atoms with van der Waals surface area (Å²) in [4.78, 5) is 8.74. The van der Waals surface area contributed by atoms with Crippen LogP contribution < -0.4 is 5.73 Å². The average molecular weight is 239 g/mol. The number of thiazole rings is 2. The summed E-state index contributed by atoms with van der Waals surface area (Å²) in [6.07, 6.45) is 0. The molecule has 0 aliphatic carbocycles. The first-order valence-electron chi connectivity index (χ1n) is 4.78. The first kappa shape index (κ1) is 10.7. The normalized spacial score (nSPS) is 13.3.